The largest absolute Gasteiger partial charge is 0.487 e. The van der Waals surface area contributed by atoms with E-state index in [1.807, 2.05) is 31.2 Å². The van der Waals surface area contributed by atoms with Gasteiger partial charge in [0.1, 0.15) is 21.0 Å². The molecular formula is C19H27IO3. The van der Waals surface area contributed by atoms with Crippen molar-refractivity contribution < 1.29 is 14.3 Å². The second-order valence-corrected chi connectivity index (χ2v) is 8.83. The first kappa shape index (κ1) is 18.6. The van der Waals surface area contributed by atoms with E-state index in [1.165, 1.54) is 12.8 Å². The molecule has 0 radical (unpaired) electrons. The van der Waals surface area contributed by atoms with E-state index in [9.17, 15) is 4.79 Å². The topological polar surface area (TPSA) is 35.5 Å². The van der Waals surface area contributed by atoms with Gasteiger partial charge < -0.3 is 9.47 Å². The minimum atomic E-state index is -0.191. The molecule has 0 saturated heterocycles. The summed E-state index contributed by atoms with van der Waals surface area (Å²) in [6.45, 7) is 8.72. The number of halogens is 1. The Morgan fingerprint density at radius 1 is 1.17 bits per heavy atom. The lowest BCUT2D eigenvalue weighted by Crippen LogP contribution is -2.45. The molecule has 1 aliphatic carbocycles. The zero-order chi connectivity index (χ0) is 17.1. The Balaban J connectivity index is 2.06. The average Bonchev–Trinajstić information content (AvgIpc) is 2.98. The maximum absolute atomic E-state index is 11.8. The van der Waals surface area contributed by atoms with Gasteiger partial charge in [0.15, 0.2) is 0 Å². The minimum Gasteiger partial charge on any atom is -0.487 e. The van der Waals surface area contributed by atoms with E-state index in [0.29, 0.717) is 5.75 Å². The second-order valence-electron chi connectivity index (χ2n) is 7.32. The fraction of sp³-hybridized carbons (Fsp3) is 0.632. The van der Waals surface area contributed by atoms with Crippen LogP contribution in [0.4, 0.5) is 0 Å². The van der Waals surface area contributed by atoms with Crippen LogP contribution in [0.5, 0.6) is 11.5 Å². The maximum atomic E-state index is 11.8. The predicted octanol–water partition coefficient (Wildman–Crippen LogP) is 5.54. The van der Waals surface area contributed by atoms with Gasteiger partial charge in [-0.3, -0.25) is 4.79 Å². The summed E-state index contributed by atoms with van der Waals surface area (Å²) in [4.78, 5) is 11.8. The average molecular weight is 430 g/mol. The second kappa shape index (κ2) is 7.41. The fourth-order valence-corrected chi connectivity index (χ4v) is 3.23. The Morgan fingerprint density at radius 2 is 1.70 bits per heavy atom. The third-order valence-corrected chi connectivity index (χ3v) is 6.14. The number of alkyl halides is 1. The van der Waals surface area contributed by atoms with Crippen molar-refractivity contribution in [3.05, 3.63) is 24.3 Å². The summed E-state index contributed by atoms with van der Waals surface area (Å²) in [7, 11) is 0. The zero-order valence-electron chi connectivity index (χ0n) is 14.5. The van der Waals surface area contributed by atoms with Crippen LogP contribution in [0, 0.1) is 5.41 Å². The molecule has 1 unspecified atom stereocenters. The number of benzene rings is 1. The predicted molar refractivity (Wildman–Crippen MR) is 101 cm³/mol. The quantitative estimate of drug-likeness (QED) is 0.266. The third-order valence-electron chi connectivity index (χ3n) is 4.75. The first-order valence-electron chi connectivity index (χ1n) is 8.42. The smallest absolute Gasteiger partial charge is 0.324 e. The lowest BCUT2D eigenvalue weighted by molar-refractivity contribution is -0.133. The van der Waals surface area contributed by atoms with Gasteiger partial charge in [0, 0.05) is 5.41 Å². The lowest BCUT2D eigenvalue weighted by atomic mass is 9.75. The van der Waals surface area contributed by atoms with Crippen LogP contribution in [-0.4, -0.2) is 15.5 Å². The molecule has 0 heterocycles. The van der Waals surface area contributed by atoms with Gasteiger partial charge in [-0.05, 0) is 56.4 Å². The summed E-state index contributed by atoms with van der Waals surface area (Å²) < 4.78 is 11.7. The lowest BCUT2D eigenvalue weighted by Gasteiger charge is -2.42. The zero-order valence-corrected chi connectivity index (χ0v) is 16.7. The van der Waals surface area contributed by atoms with Gasteiger partial charge in [0.25, 0.3) is 0 Å². The molecule has 23 heavy (non-hydrogen) atoms. The van der Waals surface area contributed by atoms with Gasteiger partial charge in [0.05, 0.1) is 0 Å². The van der Waals surface area contributed by atoms with Crippen LogP contribution >= 0.6 is 22.6 Å². The van der Waals surface area contributed by atoms with Crippen molar-refractivity contribution in [3.8, 4) is 11.5 Å². The first-order chi connectivity index (χ1) is 10.8. The molecule has 0 N–H and O–H groups in total. The van der Waals surface area contributed by atoms with E-state index in [0.717, 1.165) is 25.0 Å². The monoisotopic (exact) mass is 430 g/mol. The number of carbonyl (C=O) groups is 1. The standard InChI is InChI=1S/C19H27IO3/c1-5-16(20)17(21)22-14-8-10-15(11-9-14)23-19(18(2,3)4)12-6-7-13-19/h8-11,16H,5-7,12-13H2,1-4H3. The molecule has 1 aromatic carbocycles. The number of ether oxygens (including phenoxy) is 2. The van der Waals surface area contributed by atoms with E-state index in [4.69, 9.17) is 9.47 Å². The Bertz CT molecular complexity index is 525. The Morgan fingerprint density at radius 3 is 2.17 bits per heavy atom. The molecule has 0 amide bonds. The molecule has 1 aromatic rings. The molecule has 0 spiro atoms. The highest BCUT2D eigenvalue weighted by Crippen LogP contribution is 2.46. The van der Waals surface area contributed by atoms with Crippen molar-refractivity contribution in [3.63, 3.8) is 0 Å². The van der Waals surface area contributed by atoms with E-state index in [2.05, 4.69) is 43.4 Å². The minimum absolute atomic E-state index is 0.0965. The highest BCUT2D eigenvalue weighted by molar-refractivity contribution is 14.1. The van der Waals surface area contributed by atoms with Gasteiger partial charge in [0.2, 0.25) is 0 Å². The summed E-state index contributed by atoms with van der Waals surface area (Å²) in [6, 6.07) is 7.44. The SMILES string of the molecule is CCC(I)C(=O)Oc1ccc(OC2(C(C)(C)C)CCCC2)cc1. The Labute approximate surface area is 153 Å². The van der Waals surface area contributed by atoms with Crippen LogP contribution in [0.1, 0.15) is 59.8 Å². The van der Waals surface area contributed by atoms with Crippen LogP contribution in [-0.2, 0) is 4.79 Å². The van der Waals surface area contributed by atoms with Gasteiger partial charge in [-0.2, -0.15) is 0 Å². The third kappa shape index (κ3) is 4.40. The van der Waals surface area contributed by atoms with Crippen LogP contribution in [0.2, 0.25) is 0 Å². The van der Waals surface area contributed by atoms with Crippen LogP contribution in [0.15, 0.2) is 24.3 Å². The van der Waals surface area contributed by atoms with Crippen molar-refractivity contribution >= 4 is 28.6 Å². The highest BCUT2D eigenvalue weighted by Gasteiger charge is 2.46. The van der Waals surface area contributed by atoms with Crippen molar-refractivity contribution in [1.29, 1.82) is 0 Å². The van der Waals surface area contributed by atoms with Crippen molar-refractivity contribution in [2.45, 2.75) is 69.3 Å². The molecule has 3 nitrogen and oxygen atoms in total. The Hall–Kier alpha value is -0.780. The first-order valence-corrected chi connectivity index (χ1v) is 9.67. The molecule has 1 aliphatic rings. The summed E-state index contributed by atoms with van der Waals surface area (Å²) >= 11 is 2.11. The molecule has 1 saturated carbocycles. The van der Waals surface area contributed by atoms with E-state index in [-0.39, 0.29) is 20.9 Å². The number of hydrogen-bond donors (Lipinski definition) is 0. The van der Waals surface area contributed by atoms with Crippen molar-refractivity contribution in [2.75, 3.05) is 0 Å². The normalized spacial score (nSPS) is 18.5. The molecule has 0 bridgehead atoms. The summed E-state index contributed by atoms with van der Waals surface area (Å²) in [5, 5.41) is 0. The van der Waals surface area contributed by atoms with Gasteiger partial charge >= 0.3 is 5.97 Å². The summed E-state index contributed by atoms with van der Waals surface area (Å²) in [5.74, 6) is 1.24. The molecule has 1 atom stereocenters. The van der Waals surface area contributed by atoms with E-state index < -0.39 is 0 Å². The van der Waals surface area contributed by atoms with Crippen LogP contribution < -0.4 is 9.47 Å². The Kier molecular flexibility index (Phi) is 5.98. The molecule has 1 fully saturated rings. The maximum Gasteiger partial charge on any atom is 0.324 e. The molecule has 4 heteroatoms. The number of carbonyl (C=O) groups excluding carboxylic acids is 1. The van der Waals surface area contributed by atoms with E-state index in [1.54, 1.807) is 0 Å². The summed E-state index contributed by atoms with van der Waals surface area (Å²) in [5.41, 5.74) is 0.00487. The summed E-state index contributed by atoms with van der Waals surface area (Å²) in [6.07, 6.45) is 5.41. The van der Waals surface area contributed by atoms with E-state index >= 15 is 0 Å². The van der Waals surface area contributed by atoms with Gasteiger partial charge in [-0.1, -0.05) is 50.3 Å². The van der Waals surface area contributed by atoms with Crippen molar-refractivity contribution in [2.24, 2.45) is 5.41 Å². The highest BCUT2D eigenvalue weighted by atomic mass is 127. The van der Waals surface area contributed by atoms with Crippen LogP contribution in [0.3, 0.4) is 0 Å². The molecular weight excluding hydrogens is 403 g/mol. The molecule has 0 aliphatic heterocycles. The van der Waals surface area contributed by atoms with Gasteiger partial charge in [-0.25, -0.2) is 0 Å². The van der Waals surface area contributed by atoms with Gasteiger partial charge in [-0.15, -0.1) is 0 Å². The molecule has 0 aromatic heterocycles. The fourth-order valence-electron chi connectivity index (χ4n) is 3.10. The number of rotatable bonds is 5. The number of esters is 1. The molecule has 128 valence electrons. The van der Waals surface area contributed by atoms with Crippen molar-refractivity contribution in [1.82, 2.24) is 0 Å². The van der Waals surface area contributed by atoms with Crippen LogP contribution in [0.25, 0.3) is 0 Å². The number of hydrogen-bond acceptors (Lipinski definition) is 3. The molecule has 2 rings (SSSR count).